The Bertz CT molecular complexity index is 1900. The van der Waals surface area contributed by atoms with E-state index in [4.69, 9.17) is 24.0 Å². The predicted molar refractivity (Wildman–Crippen MR) is 228 cm³/mol. The average molecular weight is 846 g/mol. The van der Waals surface area contributed by atoms with E-state index < -0.39 is 80.2 Å². The summed E-state index contributed by atoms with van der Waals surface area (Å²) >= 11 is 0. The minimum atomic E-state index is -2.33. The SMILES string of the molecule is C[C@@H](C(=O)N[C@@H](Cc1ccccc1)C(=O)O[Si](C)(C)C)N(C)C(=O)[C@H](CCCN(C(=N)CC(=O)OCc1ccccc1)C(=O)OCc1ccccc1)NC(=O)OC(C)(C)C. The van der Waals surface area contributed by atoms with Gasteiger partial charge in [0.2, 0.25) is 20.1 Å². The lowest BCUT2D eigenvalue weighted by Gasteiger charge is -2.31. The Morgan fingerprint density at radius 2 is 1.27 bits per heavy atom. The molecule has 0 radical (unpaired) electrons. The number of alkyl carbamates (subject to hydrolysis) is 1. The average Bonchev–Trinajstić information content (AvgIpc) is 3.19. The summed E-state index contributed by atoms with van der Waals surface area (Å²) in [5, 5.41) is 14.1. The standard InChI is InChI=1S/C44H59N5O10Si/c1-31(39(51)46-36(41(53)59-60(6,7)8)27-32-19-12-9-13-20-32)48(5)40(52)35(47-42(54)58-44(2,3)4)25-18-26-49(43(55)57-30-34-23-16-11-17-24-34)37(45)28-38(50)56-29-33-21-14-10-15-22-33/h9-17,19-24,31,35-36,45H,18,25-30H2,1-8H3,(H,46,51)(H,47,54)/t31-,35-,36-/m0/s1. The number of esters is 1. The first-order chi connectivity index (χ1) is 28.2. The molecular weight excluding hydrogens is 787 g/mol. The number of carbonyl (C=O) groups excluding carboxylic acids is 6. The van der Waals surface area contributed by atoms with Crippen molar-refractivity contribution >= 4 is 50.1 Å². The molecule has 3 rings (SSSR count). The lowest BCUT2D eigenvalue weighted by molar-refractivity contribution is -0.144. The van der Waals surface area contributed by atoms with Gasteiger partial charge < -0.3 is 34.2 Å². The molecule has 0 spiro atoms. The predicted octanol–water partition coefficient (Wildman–Crippen LogP) is 6.36. The van der Waals surface area contributed by atoms with Crippen molar-refractivity contribution in [1.29, 1.82) is 5.41 Å². The molecule has 16 heteroatoms. The molecule has 60 heavy (non-hydrogen) atoms. The highest BCUT2D eigenvalue weighted by Gasteiger charge is 2.34. The summed E-state index contributed by atoms with van der Waals surface area (Å²) in [7, 11) is -0.937. The van der Waals surface area contributed by atoms with Crippen LogP contribution in [0.25, 0.3) is 0 Å². The van der Waals surface area contributed by atoms with Crippen LogP contribution >= 0.6 is 0 Å². The number of likely N-dealkylation sites (N-methyl/N-ethyl adjacent to an activating group) is 1. The molecule has 0 aromatic heterocycles. The summed E-state index contributed by atoms with van der Waals surface area (Å²) in [5.74, 6) is -3.01. The fourth-order valence-electron chi connectivity index (χ4n) is 5.64. The maximum absolute atomic E-state index is 14.1. The van der Waals surface area contributed by atoms with E-state index in [1.54, 1.807) is 69.3 Å². The first kappa shape index (κ1) is 48.3. The molecule has 3 aromatic carbocycles. The Balaban J connectivity index is 1.78. The number of rotatable bonds is 19. The zero-order valence-electron chi connectivity index (χ0n) is 35.8. The van der Waals surface area contributed by atoms with Gasteiger partial charge in [0.15, 0.2) is 0 Å². The molecule has 0 bridgehead atoms. The van der Waals surface area contributed by atoms with Crippen LogP contribution in [0.3, 0.4) is 0 Å². The summed E-state index contributed by atoms with van der Waals surface area (Å²) in [6.45, 7) is 11.7. The molecule has 0 aliphatic carbocycles. The number of ether oxygens (including phenoxy) is 3. The van der Waals surface area contributed by atoms with Gasteiger partial charge in [-0.3, -0.25) is 29.5 Å². The normalized spacial score (nSPS) is 12.7. The molecule has 0 aliphatic heterocycles. The van der Waals surface area contributed by atoms with Crippen LogP contribution in [0.1, 0.15) is 63.6 Å². The van der Waals surface area contributed by atoms with Crippen molar-refractivity contribution in [3.05, 3.63) is 108 Å². The van der Waals surface area contributed by atoms with Crippen LogP contribution in [0.15, 0.2) is 91.0 Å². The smallest absolute Gasteiger partial charge is 0.415 e. The fraction of sp³-hybridized carbons (Fsp3) is 0.432. The fourth-order valence-corrected chi connectivity index (χ4v) is 6.38. The molecule has 3 N–H and O–H groups in total. The van der Waals surface area contributed by atoms with Gasteiger partial charge in [0.25, 0.3) is 0 Å². The number of nitrogens with zero attached hydrogens (tertiary/aromatic N) is 2. The summed E-state index contributed by atoms with van der Waals surface area (Å²) in [5.41, 5.74) is 1.34. The summed E-state index contributed by atoms with van der Waals surface area (Å²) in [6, 6.07) is 23.7. The maximum Gasteiger partial charge on any atom is 0.415 e. The highest BCUT2D eigenvalue weighted by atomic mass is 28.4. The number of hydrogen-bond acceptors (Lipinski definition) is 11. The quantitative estimate of drug-likeness (QED) is 0.0402. The van der Waals surface area contributed by atoms with E-state index in [1.165, 1.54) is 14.0 Å². The molecule has 3 aromatic rings. The molecule has 3 atom stereocenters. The van der Waals surface area contributed by atoms with E-state index in [1.807, 2.05) is 62.1 Å². The molecule has 0 aliphatic rings. The van der Waals surface area contributed by atoms with Crippen LogP contribution in [0.2, 0.25) is 19.6 Å². The Hall–Kier alpha value is -6.03. The summed E-state index contributed by atoms with van der Waals surface area (Å²) in [4.78, 5) is 82.4. The summed E-state index contributed by atoms with van der Waals surface area (Å²) in [6.07, 6.45) is -2.22. The van der Waals surface area contributed by atoms with Gasteiger partial charge in [-0.15, -0.1) is 0 Å². The zero-order chi connectivity index (χ0) is 44.5. The maximum atomic E-state index is 14.1. The van der Waals surface area contributed by atoms with Crippen LogP contribution in [-0.2, 0) is 57.4 Å². The van der Waals surface area contributed by atoms with Crippen LogP contribution in [0, 0.1) is 5.41 Å². The molecule has 15 nitrogen and oxygen atoms in total. The topological polar surface area (TPSA) is 194 Å². The number of amidine groups is 1. The van der Waals surface area contributed by atoms with E-state index in [9.17, 15) is 28.8 Å². The Kier molecular flexibility index (Phi) is 18.5. The Labute approximate surface area is 353 Å². The van der Waals surface area contributed by atoms with E-state index >= 15 is 0 Å². The zero-order valence-corrected chi connectivity index (χ0v) is 36.8. The number of amides is 4. The second kappa shape index (κ2) is 22.9. The van der Waals surface area contributed by atoms with Crippen molar-refractivity contribution in [3.63, 3.8) is 0 Å². The van der Waals surface area contributed by atoms with Crippen molar-refractivity contribution in [2.45, 2.75) is 110 Å². The van der Waals surface area contributed by atoms with E-state index in [0.717, 1.165) is 20.9 Å². The minimum absolute atomic E-state index is 0.0221. The molecular formula is C44H59N5O10Si. The first-order valence-electron chi connectivity index (χ1n) is 19.8. The van der Waals surface area contributed by atoms with E-state index in [0.29, 0.717) is 5.56 Å². The van der Waals surface area contributed by atoms with Gasteiger partial charge in [-0.25, -0.2) is 9.59 Å². The Morgan fingerprint density at radius 1 is 0.750 bits per heavy atom. The number of carbonyl (C=O) groups is 6. The monoisotopic (exact) mass is 845 g/mol. The molecule has 324 valence electrons. The number of nitrogens with one attached hydrogen (secondary N) is 3. The van der Waals surface area contributed by atoms with Gasteiger partial charge in [-0.1, -0.05) is 91.0 Å². The molecule has 0 saturated heterocycles. The molecule has 0 heterocycles. The van der Waals surface area contributed by atoms with Crippen LogP contribution in [0.4, 0.5) is 9.59 Å². The molecule has 0 fully saturated rings. The second-order valence-corrected chi connectivity index (χ2v) is 20.6. The highest BCUT2D eigenvalue weighted by Crippen LogP contribution is 2.15. The largest absolute Gasteiger partial charge is 0.518 e. The van der Waals surface area contributed by atoms with E-state index in [2.05, 4.69) is 10.6 Å². The molecule has 4 amide bonds. The minimum Gasteiger partial charge on any atom is -0.518 e. The molecule has 0 saturated carbocycles. The first-order valence-corrected chi connectivity index (χ1v) is 23.2. The lowest BCUT2D eigenvalue weighted by Crippen LogP contribution is -2.56. The van der Waals surface area contributed by atoms with Crippen LogP contribution < -0.4 is 10.6 Å². The van der Waals surface area contributed by atoms with Crippen molar-refractivity contribution in [3.8, 4) is 0 Å². The molecule has 0 unspecified atom stereocenters. The lowest BCUT2D eigenvalue weighted by atomic mass is 10.1. The second-order valence-electron chi connectivity index (χ2n) is 16.2. The summed E-state index contributed by atoms with van der Waals surface area (Å²) < 4.78 is 22.0. The number of hydrogen-bond donors (Lipinski definition) is 3. The van der Waals surface area contributed by atoms with Gasteiger partial charge in [0.1, 0.15) is 49.2 Å². The van der Waals surface area contributed by atoms with Crippen molar-refractivity contribution in [1.82, 2.24) is 20.4 Å². The third kappa shape index (κ3) is 17.4. The van der Waals surface area contributed by atoms with Crippen molar-refractivity contribution < 1.29 is 47.4 Å². The van der Waals surface area contributed by atoms with Crippen molar-refractivity contribution in [2.75, 3.05) is 13.6 Å². The van der Waals surface area contributed by atoms with Crippen molar-refractivity contribution in [2.24, 2.45) is 0 Å². The van der Waals surface area contributed by atoms with Gasteiger partial charge in [-0.05, 0) is 76.9 Å². The number of benzene rings is 3. The van der Waals surface area contributed by atoms with E-state index in [-0.39, 0.29) is 39.0 Å². The third-order valence-electron chi connectivity index (χ3n) is 8.77. The van der Waals surface area contributed by atoms with Gasteiger partial charge in [0, 0.05) is 20.0 Å². The Morgan fingerprint density at radius 3 is 1.78 bits per heavy atom. The highest BCUT2D eigenvalue weighted by molar-refractivity contribution is 6.71. The van der Waals surface area contributed by atoms with Gasteiger partial charge in [-0.2, -0.15) is 0 Å². The van der Waals surface area contributed by atoms with Gasteiger partial charge in [0.05, 0.1) is 0 Å². The third-order valence-corrected chi connectivity index (χ3v) is 9.58. The van der Waals surface area contributed by atoms with Crippen LogP contribution in [0.5, 0.6) is 0 Å². The van der Waals surface area contributed by atoms with Gasteiger partial charge >= 0.3 is 24.1 Å². The van der Waals surface area contributed by atoms with Crippen LogP contribution in [-0.4, -0.2) is 97.2 Å².